The summed E-state index contributed by atoms with van der Waals surface area (Å²) >= 11 is 0. The first kappa shape index (κ1) is 21.4. The van der Waals surface area contributed by atoms with E-state index in [2.05, 4.69) is 133 Å². The molecule has 0 saturated heterocycles. The molecule has 0 aromatic heterocycles. The van der Waals surface area contributed by atoms with E-state index in [0.717, 1.165) is 12.8 Å². The quantitative estimate of drug-likeness (QED) is 0.215. The lowest BCUT2D eigenvalue weighted by atomic mass is 9.86. The average molecular weight is 483 g/mol. The summed E-state index contributed by atoms with van der Waals surface area (Å²) in [6, 6.07) is 45.2. The molecule has 1 aliphatic carbocycles. The van der Waals surface area contributed by atoms with Crippen LogP contribution in [-0.2, 0) is 6.42 Å². The number of allylic oxidation sites excluding steroid dienone is 1. The van der Waals surface area contributed by atoms with Crippen molar-refractivity contribution in [1.82, 2.24) is 0 Å². The zero-order chi connectivity index (χ0) is 25.1. The molecule has 0 amide bonds. The van der Waals surface area contributed by atoms with Gasteiger partial charge >= 0.3 is 0 Å². The predicted molar refractivity (Wildman–Crippen MR) is 165 cm³/mol. The fraction of sp³-hybridized carbons (Fsp3) is 0.0526. The van der Waals surface area contributed by atoms with Gasteiger partial charge in [0.15, 0.2) is 0 Å². The van der Waals surface area contributed by atoms with Gasteiger partial charge in [-0.15, -0.1) is 0 Å². The Hall–Kier alpha value is -4.68. The van der Waals surface area contributed by atoms with Gasteiger partial charge in [-0.25, -0.2) is 0 Å². The fourth-order valence-corrected chi connectivity index (χ4v) is 6.38. The number of hydrogen-bond donors (Lipinski definition) is 0. The maximum absolute atomic E-state index is 2.43. The van der Waals surface area contributed by atoms with Crippen LogP contribution in [-0.4, -0.2) is 0 Å². The third-order valence-electron chi connectivity index (χ3n) is 8.28. The van der Waals surface area contributed by atoms with Gasteiger partial charge in [0.05, 0.1) is 0 Å². The van der Waals surface area contributed by atoms with Crippen molar-refractivity contribution in [2.45, 2.75) is 12.8 Å². The second kappa shape index (κ2) is 8.43. The van der Waals surface area contributed by atoms with Crippen molar-refractivity contribution >= 4 is 49.2 Å². The Morgan fingerprint density at radius 3 is 1.71 bits per heavy atom. The molecule has 0 heteroatoms. The van der Waals surface area contributed by atoms with Crippen molar-refractivity contribution < 1.29 is 0 Å². The Labute approximate surface area is 222 Å². The van der Waals surface area contributed by atoms with Gasteiger partial charge < -0.3 is 0 Å². The van der Waals surface area contributed by atoms with Crippen LogP contribution in [0.3, 0.4) is 0 Å². The number of benzene rings is 7. The molecule has 0 N–H and O–H groups in total. The topological polar surface area (TPSA) is 0 Å². The van der Waals surface area contributed by atoms with Crippen molar-refractivity contribution in [2.75, 3.05) is 0 Å². The van der Waals surface area contributed by atoms with Gasteiger partial charge in [-0.2, -0.15) is 0 Å². The van der Waals surface area contributed by atoms with Crippen LogP contribution < -0.4 is 0 Å². The van der Waals surface area contributed by atoms with E-state index in [1.807, 2.05) is 0 Å². The van der Waals surface area contributed by atoms with E-state index >= 15 is 0 Å². The monoisotopic (exact) mass is 482 g/mol. The molecule has 1 aliphatic rings. The first-order chi connectivity index (χ1) is 18.8. The Bertz CT molecular complexity index is 2070. The van der Waals surface area contributed by atoms with Crippen LogP contribution in [0.2, 0.25) is 0 Å². The molecule has 0 atom stereocenters. The summed E-state index contributed by atoms with van der Waals surface area (Å²) in [5.41, 5.74) is 7.95. The van der Waals surface area contributed by atoms with Gasteiger partial charge in [-0.05, 0) is 114 Å². The summed E-state index contributed by atoms with van der Waals surface area (Å²) < 4.78 is 0. The highest BCUT2D eigenvalue weighted by atomic mass is 14.2. The third-order valence-corrected chi connectivity index (χ3v) is 8.28. The number of fused-ring (bicyclic) bond motifs is 7. The molecule has 0 spiro atoms. The van der Waals surface area contributed by atoms with E-state index in [-0.39, 0.29) is 0 Å². The number of rotatable bonds is 2. The second-order valence-electron chi connectivity index (χ2n) is 10.5. The number of hydrogen-bond acceptors (Lipinski definition) is 0. The van der Waals surface area contributed by atoms with Crippen molar-refractivity contribution in [2.24, 2.45) is 0 Å². The molecule has 178 valence electrons. The third kappa shape index (κ3) is 3.31. The minimum atomic E-state index is 1.13. The van der Waals surface area contributed by atoms with Crippen LogP contribution in [0, 0.1) is 0 Å². The van der Waals surface area contributed by atoms with Gasteiger partial charge in [0.2, 0.25) is 0 Å². The van der Waals surface area contributed by atoms with Crippen LogP contribution in [0.25, 0.3) is 71.4 Å². The molecule has 0 radical (unpaired) electrons. The lowest BCUT2D eigenvalue weighted by molar-refractivity contribution is 0.986. The summed E-state index contributed by atoms with van der Waals surface area (Å²) in [7, 11) is 0. The van der Waals surface area contributed by atoms with Gasteiger partial charge in [-0.3, -0.25) is 0 Å². The van der Waals surface area contributed by atoms with Crippen molar-refractivity contribution in [3.63, 3.8) is 0 Å². The minimum absolute atomic E-state index is 1.13. The summed E-state index contributed by atoms with van der Waals surface area (Å²) in [4.78, 5) is 0. The zero-order valence-electron chi connectivity index (χ0n) is 21.1. The molecule has 0 saturated carbocycles. The van der Waals surface area contributed by atoms with E-state index in [0.29, 0.717) is 0 Å². The van der Waals surface area contributed by atoms with Crippen LogP contribution in [0.1, 0.15) is 17.5 Å². The molecule has 7 aromatic rings. The maximum Gasteiger partial charge on any atom is -0.00923 e. The molecular weight excluding hydrogens is 456 g/mol. The molecule has 0 bridgehead atoms. The van der Waals surface area contributed by atoms with Crippen LogP contribution in [0.4, 0.5) is 0 Å². The smallest absolute Gasteiger partial charge is 0.00923 e. The van der Waals surface area contributed by atoms with E-state index in [9.17, 15) is 0 Å². The van der Waals surface area contributed by atoms with Gasteiger partial charge in [0.1, 0.15) is 0 Å². The van der Waals surface area contributed by atoms with E-state index < -0.39 is 0 Å². The molecular formula is C38H26. The maximum atomic E-state index is 2.43. The lowest BCUT2D eigenvalue weighted by Crippen LogP contribution is -1.95. The minimum Gasteiger partial charge on any atom is -0.0836 e. The van der Waals surface area contributed by atoms with E-state index in [1.54, 1.807) is 0 Å². The number of aryl methyl sites for hydroxylation is 1. The summed E-state index contributed by atoms with van der Waals surface area (Å²) in [6.07, 6.45) is 6.85. The van der Waals surface area contributed by atoms with Crippen molar-refractivity contribution in [1.29, 1.82) is 0 Å². The zero-order valence-corrected chi connectivity index (χ0v) is 21.1. The summed E-state index contributed by atoms with van der Waals surface area (Å²) in [5, 5.41) is 10.4. The standard InChI is InChI=1S/C38H26/c1-3-11-27-21-29(19-17-25(27)9-1)35-23-37-34-16-8-6-14-32(34)36(24-38(37)33-15-7-5-13-31(33)35)30-20-18-26-10-2-4-12-28(26)22-30/h1,3-9,11-24H,2,10H2. The van der Waals surface area contributed by atoms with Crippen LogP contribution >= 0.6 is 0 Å². The normalized spacial score (nSPS) is 12.9. The Balaban J connectivity index is 1.45. The average Bonchev–Trinajstić information content (AvgIpc) is 2.99. The van der Waals surface area contributed by atoms with Crippen LogP contribution in [0.15, 0.2) is 127 Å². The summed E-state index contributed by atoms with van der Waals surface area (Å²) in [5.74, 6) is 0. The van der Waals surface area contributed by atoms with Gasteiger partial charge in [0, 0.05) is 0 Å². The molecule has 7 aromatic carbocycles. The highest BCUT2D eigenvalue weighted by Gasteiger charge is 2.15. The van der Waals surface area contributed by atoms with E-state index in [1.165, 1.54) is 76.5 Å². The molecule has 8 rings (SSSR count). The lowest BCUT2D eigenvalue weighted by Gasteiger charge is -2.17. The Kier molecular flexibility index (Phi) is 4.75. The SMILES string of the molecule is C1=Cc2cc(-c3cc4c5ccccc5c(-c5ccc6ccccc6c5)cc4c4ccccc34)ccc2CC1. The molecule has 0 heterocycles. The fourth-order valence-electron chi connectivity index (χ4n) is 6.38. The van der Waals surface area contributed by atoms with Crippen molar-refractivity contribution in [3.8, 4) is 22.3 Å². The first-order valence-electron chi connectivity index (χ1n) is 13.5. The molecule has 0 fully saturated rings. The Morgan fingerprint density at radius 2 is 1.00 bits per heavy atom. The van der Waals surface area contributed by atoms with E-state index in [4.69, 9.17) is 0 Å². The molecule has 0 nitrogen and oxygen atoms in total. The van der Waals surface area contributed by atoms with Crippen molar-refractivity contribution in [3.05, 3.63) is 139 Å². The Morgan fingerprint density at radius 1 is 0.421 bits per heavy atom. The van der Waals surface area contributed by atoms with Gasteiger partial charge in [0.25, 0.3) is 0 Å². The highest BCUT2D eigenvalue weighted by Crippen LogP contribution is 2.42. The molecule has 38 heavy (non-hydrogen) atoms. The largest absolute Gasteiger partial charge is 0.0836 e. The predicted octanol–water partition coefficient (Wildman–Crippen LogP) is 10.6. The van der Waals surface area contributed by atoms with Gasteiger partial charge in [-0.1, -0.05) is 109 Å². The second-order valence-corrected chi connectivity index (χ2v) is 10.5. The molecule has 0 unspecified atom stereocenters. The highest BCUT2D eigenvalue weighted by molar-refractivity contribution is 6.24. The summed E-state index contributed by atoms with van der Waals surface area (Å²) in [6.45, 7) is 0. The molecule has 0 aliphatic heterocycles. The first-order valence-corrected chi connectivity index (χ1v) is 13.5. The van der Waals surface area contributed by atoms with Crippen LogP contribution in [0.5, 0.6) is 0 Å².